The Morgan fingerprint density at radius 1 is 0.712 bits per heavy atom. The van der Waals surface area contributed by atoms with Crippen molar-refractivity contribution in [2.45, 2.75) is 202 Å². The van der Waals surface area contributed by atoms with Gasteiger partial charge in [-0.3, -0.25) is 4.79 Å². The van der Waals surface area contributed by atoms with Gasteiger partial charge in [0.2, 0.25) is 0 Å². The van der Waals surface area contributed by atoms with Gasteiger partial charge in [-0.1, -0.05) is 27.0 Å². The van der Waals surface area contributed by atoms with Gasteiger partial charge in [-0.2, -0.15) is 0 Å². The van der Waals surface area contributed by atoms with E-state index in [0.717, 1.165) is 75.4 Å². The van der Waals surface area contributed by atoms with E-state index in [1.807, 2.05) is 0 Å². The van der Waals surface area contributed by atoms with Gasteiger partial charge in [-0.05, 0) is 87.8 Å². The minimum atomic E-state index is -0.415. The minimum absolute atomic E-state index is 0.00969. The molecule has 18 atom stereocenters. The van der Waals surface area contributed by atoms with Crippen molar-refractivity contribution >= 4 is 5.78 Å². The molecule has 0 radical (unpaired) electrons. The van der Waals surface area contributed by atoms with Gasteiger partial charge in [0.1, 0.15) is 36.3 Å². The maximum absolute atomic E-state index is 14.1. The fourth-order valence-corrected chi connectivity index (χ4v) is 10.8. The van der Waals surface area contributed by atoms with E-state index in [9.17, 15) is 4.79 Å². The molecule has 8 aliphatic heterocycles. The fraction of sp³-hybridized carbons (Fsp3) is 0.878. The van der Waals surface area contributed by atoms with Crippen LogP contribution >= 0.6 is 0 Å². The molecule has 8 aliphatic rings. The first-order chi connectivity index (χ1) is 25.2. The molecule has 0 spiro atoms. The number of ether oxygens (including phenoxy) is 9. The van der Waals surface area contributed by atoms with Crippen molar-refractivity contribution in [2.75, 3.05) is 13.7 Å². The molecule has 0 aromatic carbocycles. The number of carbonyl (C=O) groups excluding carboxylic acids is 1. The predicted octanol–water partition coefficient (Wildman–Crippen LogP) is 5.10. The fourth-order valence-electron chi connectivity index (χ4n) is 10.8. The summed E-state index contributed by atoms with van der Waals surface area (Å²) < 4.78 is 60.0. The number of nitrogens with two attached hydrogens (primary N) is 1. The molecular formula is C41H63NO10. The van der Waals surface area contributed by atoms with Crippen LogP contribution in [0.2, 0.25) is 0 Å². The molecule has 8 saturated heterocycles. The lowest BCUT2D eigenvalue weighted by Gasteiger charge is -2.47. The maximum atomic E-state index is 14.1. The van der Waals surface area contributed by atoms with Crippen molar-refractivity contribution in [2.24, 2.45) is 17.6 Å². The van der Waals surface area contributed by atoms with Crippen LogP contribution in [0.25, 0.3) is 0 Å². The summed E-state index contributed by atoms with van der Waals surface area (Å²) in [4.78, 5) is 14.1. The van der Waals surface area contributed by atoms with Gasteiger partial charge in [0, 0.05) is 38.7 Å². The summed E-state index contributed by atoms with van der Waals surface area (Å²) in [6.07, 6.45) is 7.75. The molecular weight excluding hydrogens is 666 g/mol. The molecule has 11 heteroatoms. The zero-order valence-corrected chi connectivity index (χ0v) is 31.6. The van der Waals surface area contributed by atoms with E-state index in [4.69, 9.17) is 48.4 Å². The third-order valence-corrected chi connectivity index (χ3v) is 13.6. The first-order valence-electron chi connectivity index (χ1n) is 20.6. The van der Waals surface area contributed by atoms with Gasteiger partial charge in [0.15, 0.2) is 6.29 Å². The number of methoxy groups -OCH3 is 1. The Morgan fingerprint density at radius 3 is 2.25 bits per heavy atom. The molecule has 0 aromatic heterocycles. The van der Waals surface area contributed by atoms with Gasteiger partial charge in [0.25, 0.3) is 0 Å². The molecule has 0 saturated carbocycles. The molecule has 2 N–H and O–H groups in total. The Hall–Kier alpha value is -1.25. The van der Waals surface area contributed by atoms with Gasteiger partial charge in [-0.25, -0.2) is 0 Å². The smallest absolute Gasteiger partial charge is 0.158 e. The second-order valence-corrected chi connectivity index (χ2v) is 17.0. The molecule has 7 unspecified atom stereocenters. The van der Waals surface area contributed by atoms with Crippen LogP contribution in [0.3, 0.4) is 0 Å². The van der Waals surface area contributed by atoms with E-state index in [2.05, 4.69) is 27.0 Å². The summed E-state index contributed by atoms with van der Waals surface area (Å²) in [5.41, 5.74) is 8.19. The highest BCUT2D eigenvalue weighted by atomic mass is 16.7. The van der Waals surface area contributed by atoms with Gasteiger partial charge in [0.05, 0.1) is 61.0 Å². The number of hydrogen-bond acceptors (Lipinski definition) is 11. The molecule has 52 heavy (non-hydrogen) atoms. The normalized spacial score (nSPS) is 49.7. The average molecular weight is 730 g/mol. The average Bonchev–Trinajstić information content (AvgIpc) is 3.75. The molecule has 11 bridgehead atoms. The lowest BCUT2D eigenvalue weighted by Crippen LogP contribution is -2.61. The molecule has 8 heterocycles. The molecule has 11 nitrogen and oxygen atoms in total. The van der Waals surface area contributed by atoms with Crippen LogP contribution in [0.4, 0.5) is 0 Å². The van der Waals surface area contributed by atoms with E-state index >= 15 is 0 Å². The van der Waals surface area contributed by atoms with Crippen molar-refractivity contribution in [3.63, 3.8) is 0 Å². The maximum Gasteiger partial charge on any atom is 0.158 e. The van der Waals surface area contributed by atoms with Crippen molar-refractivity contribution < 1.29 is 47.4 Å². The van der Waals surface area contributed by atoms with Crippen molar-refractivity contribution in [3.05, 3.63) is 24.3 Å². The van der Waals surface area contributed by atoms with Crippen molar-refractivity contribution in [3.8, 4) is 0 Å². The monoisotopic (exact) mass is 729 g/mol. The predicted molar refractivity (Wildman–Crippen MR) is 192 cm³/mol. The molecule has 0 amide bonds. The molecule has 0 aliphatic carbocycles. The molecule has 0 aromatic rings. The summed E-state index contributed by atoms with van der Waals surface area (Å²) in [6, 6.07) is 0. The highest BCUT2D eigenvalue weighted by molar-refractivity contribution is 5.79. The van der Waals surface area contributed by atoms with E-state index < -0.39 is 6.29 Å². The second kappa shape index (κ2) is 16.1. The van der Waals surface area contributed by atoms with Crippen LogP contribution in [0.5, 0.6) is 0 Å². The minimum Gasteiger partial charge on any atom is -0.378 e. The summed E-state index contributed by atoms with van der Waals surface area (Å²) in [7, 11) is 1.74. The van der Waals surface area contributed by atoms with Crippen molar-refractivity contribution in [1.29, 1.82) is 0 Å². The van der Waals surface area contributed by atoms with Crippen molar-refractivity contribution in [1.82, 2.24) is 0 Å². The first kappa shape index (κ1) is 37.7. The second-order valence-electron chi connectivity index (χ2n) is 17.0. The summed E-state index contributed by atoms with van der Waals surface area (Å²) in [5, 5.41) is 0. The van der Waals surface area contributed by atoms with Crippen LogP contribution in [-0.2, 0) is 47.4 Å². The van der Waals surface area contributed by atoms with Crippen LogP contribution in [0, 0.1) is 11.8 Å². The number of ketones is 1. The highest BCUT2D eigenvalue weighted by Gasteiger charge is 2.61. The SMILES string of the molecule is C=C1CC2CCC3O[C@@H]4[C@@H]5OC(CC)[C@H](O3)[C@@H]5O[C@H]3CCC(CC(=O)CC5[C@H](C[C@H]6OC(CCC1O2)C[C@@H](C)C6=C)O[C@H](CCCN)[C@@H]5OC)O[C@H]43. The zero-order valence-electron chi connectivity index (χ0n) is 31.6. The zero-order chi connectivity index (χ0) is 36.1. The molecule has 8 rings (SSSR count). The standard InChI is InChI=1S/C41H63NO10/c1-6-29-37-39-41(49-29)40-38-32(50-39)13-10-27(47-38)18-24(43)19-28-34(48-31(8-7-15-42)36(28)44-5)20-33-23(4)21(2)16-25(46-33)9-12-30-22(3)17-26(45-30)11-14-35(51-37)52-40/h21,25-41H,3-4,6-20,42H2,1-2,5H3/t21-,25?,26?,27?,28?,29?,30?,31-,32+,33-,34+,35?,36-,37+,38+,39+,40+,41-/m1/s1. The first-order valence-corrected chi connectivity index (χ1v) is 20.6. The van der Waals surface area contributed by atoms with E-state index in [1.54, 1.807) is 7.11 Å². The van der Waals surface area contributed by atoms with E-state index in [-0.39, 0.29) is 103 Å². The van der Waals surface area contributed by atoms with Gasteiger partial charge < -0.3 is 48.4 Å². The Labute approximate surface area is 309 Å². The van der Waals surface area contributed by atoms with Crippen LogP contribution in [0.1, 0.15) is 104 Å². The molecule has 292 valence electrons. The highest BCUT2D eigenvalue weighted by Crippen LogP contribution is 2.46. The largest absolute Gasteiger partial charge is 0.378 e. The number of carbonyl (C=O) groups is 1. The topological polar surface area (TPSA) is 126 Å². The Morgan fingerprint density at radius 2 is 1.44 bits per heavy atom. The van der Waals surface area contributed by atoms with E-state index in [0.29, 0.717) is 38.1 Å². The Kier molecular flexibility index (Phi) is 11.6. The van der Waals surface area contributed by atoms with Crippen LogP contribution in [-0.4, -0.2) is 117 Å². The van der Waals surface area contributed by atoms with Crippen LogP contribution in [0.15, 0.2) is 24.3 Å². The van der Waals surface area contributed by atoms with Gasteiger partial charge in [-0.15, -0.1) is 0 Å². The quantitative estimate of drug-likeness (QED) is 0.380. The number of rotatable bonds is 5. The number of hydrogen-bond donors (Lipinski definition) is 1. The van der Waals surface area contributed by atoms with E-state index in [1.165, 1.54) is 0 Å². The summed E-state index contributed by atoms with van der Waals surface area (Å²) in [6.45, 7) is 13.9. The van der Waals surface area contributed by atoms with Gasteiger partial charge >= 0.3 is 0 Å². The number of Topliss-reactive ketones (excluding diaryl/α,β-unsaturated/α-hetero) is 1. The molecule has 8 fully saturated rings. The Bertz CT molecular complexity index is 1300. The lowest BCUT2D eigenvalue weighted by atomic mass is 9.81. The Balaban J connectivity index is 1.06. The third-order valence-electron chi connectivity index (χ3n) is 13.6. The summed E-state index contributed by atoms with van der Waals surface area (Å²) in [5.74, 6) is 0.382. The van der Waals surface area contributed by atoms with Crippen LogP contribution < -0.4 is 5.73 Å². The summed E-state index contributed by atoms with van der Waals surface area (Å²) >= 11 is 0. The number of fused-ring (bicyclic) bond motifs is 7. The third kappa shape index (κ3) is 7.50. The lowest BCUT2D eigenvalue weighted by molar-refractivity contribution is -0.283.